The highest BCUT2D eigenvalue weighted by Crippen LogP contribution is 2.30. The van der Waals surface area contributed by atoms with Crippen LogP contribution in [0.5, 0.6) is 0 Å². The molecule has 0 aliphatic carbocycles. The zero-order valence-electron chi connectivity index (χ0n) is 20.5. The molecule has 4 rings (SSSR count). The van der Waals surface area contributed by atoms with Gasteiger partial charge in [-0.2, -0.15) is 0 Å². The van der Waals surface area contributed by atoms with Crippen molar-refractivity contribution in [3.05, 3.63) is 119 Å². The number of rotatable bonds is 8. The van der Waals surface area contributed by atoms with Gasteiger partial charge >= 0.3 is 23.9 Å². The first-order valence-electron chi connectivity index (χ1n) is 11.8. The van der Waals surface area contributed by atoms with Crippen LogP contribution in [0.25, 0.3) is 4.85 Å². The van der Waals surface area contributed by atoms with Gasteiger partial charge in [0.2, 0.25) is 12.4 Å². The molecule has 1 aliphatic heterocycles. The van der Waals surface area contributed by atoms with Crippen LogP contribution in [0.3, 0.4) is 0 Å². The summed E-state index contributed by atoms with van der Waals surface area (Å²) in [6, 6.07) is 23.6. The van der Waals surface area contributed by atoms with Crippen LogP contribution in [-0.4, -0.2) is 62.3 Å². The number of benzene rings is 3. The van der Waals surface area contributed by atoms with Crippen LogP contribution in [0.4, 0.5) is 0 Å². The molecule has 0 radical (unpaired) electrons. The third-order valence-corrected chi connectivity index (χ3v) is 5.89. The lowest BCUT2D eigenvalue weighted by Crippen LogP contribution is -2.60. The number of carbonyl (C=O) groups is 3. The van der Waals surface area contributed by atoms with E-state index in [-0.39, 0.29) is 17.7 Å². The second-order valence-electron chi connectivity index (χ2n) is 8.33. The van der Waals surface area contributed by atoms with Crippen LogP contribution in [-0.2, 0) is 23.7 Å². The Morgan fingerprint density at radius 3 is 1.63 bits per heavy atom. The number of carbonyl (C=O) groups excluding carboxylic acids is 3. The van der Waals surface area contributed by atoms with E-state index >= 15 is 0 Å². The van der Waals surface area contributed by atoms with Gasteiger partial charge in [0, 0.05) is 7.11 Å². The lowest BCUT2D eigenvalue weighted by Gasteiger charge is -2.39. The average molecular weight is 516 g/mol. The number of esters is 3. The summed E-state index contributed by atoms with van der Waals surface area (Å²) < 4.78 is 28.3. The molecule has 0 bridgehead atoms. The van der Waals surface area contributed by atoms with Gasteiger partial charge in [0.15, 0.2) is 6.10 Å². The van der Waals surface area contributed by atoms with E-state index in [1.807, 2.05) is 0 Å². The Kier molecular flexibility index (Phi) is 8.82. The minimum Gasteiger partial charge on any atom is -0.459 e. The summed E-state index contributed by atoms with van der Waals surface area (Å²) in [6.45, 7) is 7.39. The molecule has 194 valence electrons. The summed E-state index contributed by atoms with van der Waals surface area (Å²) in [6.07, 6.45) is -4.82. The number of methoxy groups -OCH3 is 1. The lowest BCUT2D eigenvalue weighted by molar-refractivity contribution is -0.251. The first-order valence-corrected chi connectivity index (χ1v) is 11.8. The van der Waals surface area contributed by atoms with E-state index in [0.717, 1.165) is 0 Å². The Morgan fingerprint density at radius 1 is 0.737 bits per heavy atom. The van der Waals surface area contributed by atoms with E-state index < -0.39 is 48.6 Å². The monoisotopic (exact) mass is 515 g/mol. The molecule has 1 heterocycles. The zero-order chi connectivity index (χ0) is 26.9. The van der Waals surface area contributed by atoms with E-state index in [0.29, 0.717) is 5.56 Å². The SMILES string of the molecule is [C-]#[N+][C@@H]1C(OC)O[C@H](COC(=O)c2ccccc2)[C@@H](OC(=O)c2ccccc2)[C@@H]1OC(=O)c1ccccc1. The van der Waals surface area contributed by atoms with Crippen LogP contribution >= 0.6 is 0 Å². The number of hydrogen-bond donors (Lipinski definition) is 0. The van der Waals surface area contributed by atoms with Gasteiger partial charge in [-0.3, -0.25) is 0 Å². The van der Waals surface area contributed by atoms with Gasteiger partial charge in [0.05, 0.1) is 16.7 Å². The molecule has 1 unspecified atom stereocenters. The predicted octanol–water partition coefficient (Wildman–Crippen LogP) is 3.95. The largest absolute Gasteiger partial charge is 0.459 e. The summed E-state index contributed by atoms with van der Waals surface area (Å²) >= 11 is 0. The standard InChI is InChI=1S/C29H25NO8/c1-30-23-25(38-28(33)21-16-10-5-11-17-21)24(37-27(32)20-14-8-4-9-15-20)22(36-29(23)34-2)18-35-26(31)19-12-6-3-7-13-19/h3-17,22-25,29H,18H2,2H3/t22-,23+,24-,25-,29?/m1/s1. The van der Waals surface area contributed by atoms with Crippen molar-refractivity contribution in [1.82, 2.24) is 0 Å². The Bertz CT molecular complexity index is 1280. The lowest BCUT2D eigenvalue weighted by atomic mass is 9.96. The molecule has 0 amide bonds. The maximum atomic E-state index is 13.0. The predicted molar refractivity (Wildman–Crippen MR) is 134 cm³/mol. The van der Waals surface area contributed by atoms with Crippen molar-refractivity contribution in [3.63, 3.8) is 0 Å². The molecule has 9 nitrogen and oxygen atoms in total. The fourth-order valence-electron chi connectivity index (χ4n) is 3.98. The first-order chi connectivity index (χ1) is 18.5. The minimum atomic E-state index is -1.29. The molecule has 0 N–H and O–H groups in total. The van der Waals surface area contributed by atoms with Crippen LogP contribution in [0, 0.1) is 6.57 Å². The van der Waals surface area contributed by atoms with Crippen molar-refractivity contribution in [1.29, 1.82) is 0 Å². The molecule has 3 aromatic carbocycles. The Morgan fingerprint density at radius 2 is 1.18 bits per heavy atom. The van der Waals surface area contributed by atoms with Crippen LogP contribution < -0.4 is 0 Å². The molecule has 1 saturated heterocycles. The average Bonchev–Trinajstić information content (AvgIpc) is 2.98. The molecule has 0 aromatic heterocycles. The summed E-state index contributed by atoms with van der Waals surface area (Å²) in [7, 11) is 1.34. The molecule has 0 saturated carbocycles. The van der Waals surface area contributed by atoms with E-state index in [1.165, 1.54) is 7.11 Å². The number of ether oxygens (including phenoxy) is 5. The first kappa shape index (κ1) is 26.5. The molecule has 1 fully saturated rings. The number of nitrogens with zero attached hydrogens (tertiary/aromatic N) is 1. The maximum absolute atomic E-state index is 13.0. The Hall–Kier alpha value is -4.52. The third kappa shape index (κ3) is 6.24. The molecule has 3 aromatic rings. The van der Waals surface area contributed by atoms with Gasteiger partial charge in [0.1, 0.15) is 12.7 Å². The molecular formula is C29H25NO8. The smallest absolute Gasteiger partial charge is 0.338 e. The van der Waals surface area contributed by atoms with Crippen molar-refractivity contribution >= 4 is 17.9 Å². The van der Waals surface area contributed by atoms with Gasteiger partial charge in [-0.05, 0) is 36.4 Å². The van der Waals surface area contributed by atoms with Crippen molar-refractivity contribution in [2.24, 2.45) is 0 Å². The van der Waals surface area contributed by atoms with Crippen LogP contribution in [0.2, 0.25) is 0 Å². The summed E-state index contributed by atoms with van der Waals surface area (Å²) in [5.41, 5.74) is 0.807. The fourth-order valence-corrected chi connectivity index (χ4v) is 3.98. The normalized spacial score (nSPS) is 22.5. The topological polar surface area (TPSA) is 102 Å². The Balaban J connectivity index is 1.64. The van der Waals surface area contributed by atoms with Gasteiger partial charge in [-0.1, -0.05) is 54.6 Å². The highest BCUT2D eigenvalue weighted by atomic mass is 16.7. The van der Waals surface area contributed by atoms with Crippen molar-refractivity contribution in [3.8, 4) is 0 Å². The van der Waals surface area contributed by atoms with E-state index in [4.69, 9.17) is 30.3 Å². The molecule has 5 atom stereocenters. The quantitative estimate of drug-likeness (QED) is 0.253. The van der Waals surface area contributed by atoms with Gasteiger partial charge in [-0.25, -0.2) is 21.0 Å². The van der Waals surface area contributed by atoms with Gasteiger partial charge in [-0.15, -0.1) is 0 Å². The van der Waals surface area contributed by atoms with E-state index in [9.17, 15) is 14.4 Å². The van der Waals surface area contributed by atoms with Crippen LogP contribution in [0.15, 0.2) is 91.0 Å². The highest BCUT2D eigenvalue weighted by molar-refractivity contribution is 5.91. The van der Waals surface area contributed by atoms with E-state index in [1.54, 1.807) is 91.0 Å². The summed E-state index contributed by atoms with van der Waals surface area (Å²) in [4.78, 5) is 42.2. The Labute approximate surface area is 219 Å². The zero-order valence-corrected chi connectivity index (χ0v) is 20.5. The number of hydrogen-bond acceptors (Lipinski definition) is 8. The second kappa shape index (κ2) is 12.6. The van der Waals surface area contributed by atoms with E-state index in [2.05, 4.69) is 4.85 Å². The second-order valence-corrected chi connectivity index (χ2v) is 8.33. The van der Waals surface area contributed by atoms with Crippen molar-refractivity contribution < 1.29 is 38.1 Å². The van der Waals surface area contributed by atoms with Gasteiger partial charge < -0.3 is 28.5 Å². The molecular weight excluding hydrogens is 490 g/mol. The summed E-state index contributed by atoms with van der Waals surface area (Å²) in [5, 5.41) is 0. The maximum Gasteiger partial charge on any atom is 0.338 e. The third-order valence-electron chi connectivity index (χ3n) is 5.89. The fraction of sp³-hybridized carbons (Fsp3) is 0.241. The highest BCUT2D eigenvalue weighted by Gasteiger charge is 2.55. The van der Waals surface area contributed by atoms with Crippen molar-refractivity contribution in [2.75, 3.05) is 13.7 Å². The van der Waals surface area contributed by atoms with Crippen LogP contribution in [0.1, 0.15) is 31.1 Å². The minimum absolute atomic E-state index is 0.244. The van der Waals surface area contributed by atoms with Gasteiger partial charge in [0.25, 0.3) is 0 Å². The molecule has 0 spiro atoms. The summed E-state index contributed by atoms with van der Waals surface area (Å²) in [5.74, 6) is -2.07. The molecule has 1 aliphatic rings. The molecule has 38 heavy (non-hydrogen) atoms. The molecule has 9 heteroatoms. The van der Waals surface area contributed by atoms with Crippen molar-refractivity contribution in [2.45, 2.75) is 30.6 Å².